The van der Waals surface area contributed by atoms with Crippen molar-refractivity contribution in [3.63, 3.8) is 0 Å². The van der Waals surface area contributed by atoms with E-state index in [-0.39, 0.29) is 11.8 Å². The number of nitrogens with zero attached hydrogens (tertiary/aromatic N) is 2. The van der Waals surface area contributed by atoms with E-state index in [1.807, 2.05) is 13.8 Å². The van der Waals surface area contributed by atoms with Crippen LogP contribution >= 0.6 is 0 Å². The lowest BCUT2D eigenvalue weighted by Gasteiger charge is -2.30. The summed E-state index contributed by atoms with van der Waals surface area (Å²) in [6, 6.07) is 2.47. The normalized spacial score (nSPS) is 19.8. The van der Waals surface area contributed by atoms with Gasteiger partial charge in [-0.25, -0.2) is 8.78 Å². The fourth-order valence-corrected chi connectivity index (χ4v) is 4.75. The van der Waals surface area contributed by atoms with Gasteiger partial charge in [-0.1, -0.05) is 39.2 Å². The summed E-state index contributed by atoms with van der Waals surface area (Å²) in [5, 5.41) is 2.59. The maximum atomic E-state index is 14.0. The van der Waals surface area contributed by atoms with E-state index in [4.69, 9.17) is 0 Å². The molecule has 1 saturated heterocycles. The molecule has 2 aliphatic rings. The van der Waals surface area contributed by atoms with Gasteiger partial charge in [-0.05, 0) is 49.8 Å². The van der Waals surface area contributed by atoms with Crippen molar-refractivity contribution in [1.29, 1.82) is 0 Å². The third-order valence-corrected chi connectivity index (χ3v) is 6.55. The summed E-state index contributed by atoms with van der Waals surface area (Å²) in [6.07, 6.45) is 7.47. The standard InChI is InChI=1S/C24H35F2N3O2/c1-17(2)22(27-23(30)21-19(25)10-6-11-20(21)26)24(31)29-13-7-12-28(14-15-29)16-18-8-4-3-5-9-18/h6,10-11,17-18,22H,3-5,7-9,12-16H2,1-2H3,(H,27,30). The number of hydrogen-bond acceptors (Lipinski definition) is 3. The highest BCUT2D eigenvalue weighted by Crippen LogP contribution is 2.25. The lowest BCUT2D eigenvalue weighted by atomic mass is 9.89. The van der Waals surface area contributed by atoms with Crippen molar-refractivity contribution in [2.45, 2.75) is 58.4 Å². The van der Waals surface area contributed by atoms with Crippen molar-refractivity contribution in [2.24, 2.45) is 11.8 Å². The van der Waals surface area contributed by atoms with Gasteiger partial charge in [0.1, 0.15) is 23.2 Å². The van der Waals surface area contributed by atoms with Crippen LogP contribution in [-0.4, -0.2) is 60.4 Å². The fourth-order valence-electron chi connectivity index (χ4n) is 4.75. The summed E-state index contributed by atoms with van der Waals surface area (Å²) < 4.78 is 28.0. The van der Waals surface area contributed by atoms with Crippen LogP contribution in [0, 0.1) is 23.5 Å². The molecular formula is C24H35F2N3O2. The molecule has 0 aromatic heterocycles. The molecule has 2 amide bonds. The Kier molecular flexibility index (Phi) is 8.41. The molecule has 1 saturated carbocycles. The van der Waals surface area contributed by atoms with Crippen molar-refractivity contribution in [3.8, 4) is 0 Å². The van der Waals surface area contributed by atoms with Crippen LogP contribution in [0.15, 0.2) is 18.2 Å². The van der Waals surface area contributed by atoms with Gasteiger partial charge in [-0.3, -0.25) is 9.59 Å². The molecule has 5 nitrogen and oxygen atoms in total. The van der Waals surface area contributed by atoms with Crippen molar-refractivity contribution in [2.75, 3.05) is 32.7 Å². The Hall–Kier alpha value is -2.02. The van der Waals surface area contributed by atoms with Crippen molar-refractivity contribution < 1.29 is 18.4 Å². The van der Waals surface area contributed by atoms with Gasteiger partial charge < -0.3 is 15.1 Å². The average molecular weight is 436 g/mol. The minimum atomic E-state index is -0.930. The maximum Gasteiger partial charge on any atom is 0.257 e. The molecule has 1 atom stereocenters. The van der Waals surface area contributed by atoms with E-state index in [1.54, 1.807) is 4.90 Å². The predicted octanol–water partition coefficient (Wildman–Crippen LogP) is 3.83. The van der Waals surface area contributed by atoms with Gasteiger partial charge in [0.05, 0.1) is 0 Å². The summed E-state index contributed by atoms with van der Waals surface area (Å²) in [6.45, 7) is 7.79. The Labute approximate surface area is 184 Å². The van der Waals surface area contributed by atoms with Crippen molar-refractivity contribution in [3.05, 3.63) is 35.4 Å². The smallest absolute Gasteiger partial charge is 0.257 e. The van der Waals surface area contributed by atoms with Crippen molar-refractivity contribution >= 4 is 11.8 Å². The first-order valence-corrected chi connectivity index (χ1v) is 11.6. The molecule has 1 aromatic rings. The molecule has 1 N–H and O–H groups in total. The molecule has 1 aliphatic heterocycles. The number of amides is 2. The molecule has 2 fully saturated rings. The minimum absolute atomic E-state index is 0.181. The molecule has 1 unspecified atom stereocenters. The van der Waals surface area contributed by atoms with Gasteiger partial charge in [-0.2, -0.15) is 0 Å². The third-order valence-electron chi connectivity index (χ3n) is 6.55. The SMILES string of the molecule is CC(C)C(NC(=O)c1c(F)cccc1F)C(=O)N1CCCN(CC2CCCCC2)CC1. The largest absolute Gasteiger partial charge is 0.340 e. The average Bonchev–Trinajstić information content (AvgIpc) is 2.97. The molecule has 0 bridgehead atoms. The van der Waals surface area contributed by atoms with E-state index < -0.39 is 29.1 Å². The minimum Gasteiger partial charge on any atom is -0.340 e. The highest BCUT2D eigenvalue weighted by atomic mass is 19.1. The zero-order valence-electron chi connectivity index (χ0n) is 18.7. The molecule has 1 aliphatic carbocycles. The molecule has 1 heterocycles. The summed E-state index contributed by atoms with van der Waals surface area (Å²) in [5.41, 5.74) is -0.643. The first kappa shape index (κ1) is 23.6. The summed E-state index contributed by atoms with van der Waals surface area (Å²) >= 11 is 0. The van der Waals surface area contributed by atoms with Crippen LogP contribution in [0.2, 0.25) is 0 Å². The number of rotatable bonds is 6. The third kappa shape index (κ3) is 6.25. The lowest BCUT2D eigenvalue weighted by molar-refractivity contribution is -0.134. The van der Waals surface area contributed by atoms with Crippen LogP contribution < -0.4 is 5.32 Å². The highest BCUT2D eigenvalue weighted by Gasteiger charge is 2.31. The Balaban J connectivity index is 1.61. The van der Waals surface area contributed by atoms with Crippen molar-refractivity contribution in [1.82, 2.24) is 15.1 Å². The lowest BCUT2D eigenvalue weighted by Crippen LogP contribution is -2.52. The van der Waals surface area contributed by atoms with Gasteiger partial charge in [0.25, 0.3) is 5.91 Å². The first-order valence-electron chi connectivity index (χ1n) is 11.6. The highest BCUT2D eigenvalue weighted by molar-refractivity contribution is 5.98. The quantitative estimate of drug-likeness (QED) is 0.739. The number of nitrogens with one attached hydrogen (secondary N) is 1. The number of hydrogen-bond donors (Lipinski definition) is 1. The molecular weight excluding hydrogens is 400 g/mol. The van der Waals surface area contributed by atoms with Gasteiger partial charge in [-0.15, -0.1) is 0 Å². The van der Waals surface area contributed by atoms with E-state index in [0.29, 0.717) is 13.1 Å². The van der Waals surface area contributed by atoms with Gasteiger partial charge in [0.15, 0.2) is 0 Å². The zero-order valence-corrected chi connectivity index (χ0v) is 18.7. The van der Waals surface area contributed by atoms with Crippen LogP contribution in [0.25, 0.3) is 0 Å². The van der Waals surface area contributed by atoms with Crippen LogP contribution in [0.4, 0.5) is 8.78 Å². The first-order chi connectivity index (χ1) is 14.9. The molecule has 31 heavy (non-hydrogen) atoms. The molecule has 0 radical (unpaired) electrons. The van der Waals surface area contributed by atoms with Gasteiger partial charge in [0.2, 0.25) is 5.91 Å². The Morgan fingerprint density at radius 1 is 1.00 bits per heavy atom. The van der Waals surface area contributed by atoms with E-state index in [9.17, 15) is 18.4 Å². The van der Waals surface area contributed by atoms with E-state index in [1.165, 1.54) is 38.2 Å². The van der Waals surface area contributed by atoms with E-state index in [2.05, 4.69) is 10.2 Å². The second-order valence-electron chi connectivity index (χ2n) is 9.28. The monoisotopic (exact) mass is 435 g/mol. The predicted molar refractivity (Wildman–Crippen MR) is 117 cm³/mol. The van der Waals surface area contributed by atoms with Gasteiger partial charge >= 0.3 is 0 Å². The molecule has 0 spiro atoms. The summed E-state index contributed by atoms with van der Waals surface area (Å²) in [5.74, 6) is -2.38. The van der Waals surface area contributed by atoms with E-state index in [0.717, 1.165) is 44.1 Å². The number of carbonyl (C=O) groups is 2. The zero-order chi connectivity index (χ0) is 22.4. The Morgan fingerprint density at radius 2 is 1.68 bits per heavy atom. The fraction of sp³-hybridized carbons (Fsp3) is 0.667. The summed E-state index contributed by atoms with van der Waals surface area (Å²) in [4.78, 5) is 30.0. The Bertz CT molecular complexity index is 745. The van der Waals surface area contributed by atoms with Crippen LogP contribution in [0.5, 0.6) is 0 Å². The van der Waals surface area contributed by atoms with Crippen LogP contribution in [0.1, 0.15) is 62.7 Å². The van der Waals surface area contributed by atoms with Crippen LogP contribution in [0.3, 0.4) is 0 Å². The second kappa shape index (κ2) is 11.0. The summed E-state index contributed by atoms with van der Waals surface area (Å²) in [7, 11) is 0. The second-order valence-corrected chi connectivity index (χ2v) is 9.28. The number of halogens is 2. The molecule has 3 rings (SSSR count). The van der Waals surface area contributed by atoms with Gasteiger partial charge in [0, 0.05) is 26.2 Å². The maximum absolute atomic E-state index is 14.0. The molecule has 172 valence electrons. The number of carbonyl (C=O) groups excluding carboxylic acids is 2. The topological polar surface area (TPSA) is 52.7 Å². The Morgan fingerprint density at radius 3 is 2.32 bits per heavy atom. The molecule has 1 aromatic carbocycles. The number of benzene rings is 1. The van der Waals surface area contributed by atoms with E-state index >= 15 is 0 Å². The molecule has 7 heteroatoms. The van der Waals surface area contributed by atoms with Crippen LogP contribution in [-0.2, 0) is 4.79 Å².